The van der Waals surface area contributed by atoms with Crippen molar-refractivity contribution in [1.29, 1.82) is 0 Å². The molecule has 0 aromatic heterocycles. The van der Waals surface area contributed by atoms with E-state index in [9.17, 15) is 18.0 Å². The Morgan fingerprint density at radius 2 is 1.64 bits per heavy atom. The number of rotatable bonds is 7. The van der Waals surface area contributed by atoms with Crippen molar-refractivity contribution in [3.63, 3.8) is 0 Å². The summed E-state index contributed by atoms with van der Waals surface area (Å²) in [6, 6.07) is 11.4. The van der Waals surface area contributed by atoms with Crippen molar-refractivity contribution in [3.05, 3.63) is 59.1 Å². The van der Waals surface area contributed by atoms with Crippen LogP contribution in [0.1, 0.15) is 32.4 Å². The molecule has 9 heteroatoms. The van der Waals surface area contributed by atoms with Crippen LogP contribution in [0.3, 0.4) is 0 Å². The minimum Gasteiger partial charge on any atom is -0.457 e. The Morgan fingerprint density at radius 3 is 2.21 bits per heavy atom. The summed E-state index contributed by atoms with van der Waals surface area (Å²) in [6.45, 7) is 4.40. The summed E-state index contributed by atoms with van der Waals surface area (Å²) < 4.78 is 32.5. The highest BCUT2D eigenvalue weighted by Gasteiger charge is 2.25. The van der Waals surface area contributed by atoms with Crippen molar-refractivity contribution in [2.75, 3.05) is 5.32 Å². The number of nitrogens with one attached hydrogen (secondary N) is 2. The van der Waals surface area contributed by atoms with Gasteiger partial charge in [0, 0.05) is 23.2 Å². The molecule has 2 rings (SSSR count). The van der Waals surface area contributed by atoms with E-state index in [-0.39, 0.29) is 10.8 Å². The Kier molecular flexibility index (Phi) is 7.17. The molecule has 2 atom stereocenters. The van der Waals surface area contributed by atoms with Gasteiger partial charge in [-0.1, -0.05) is 29.8 Å². The molecule has 0 unspecified atom stereocenters. The van der Waals surface area contributed by atoms with E-state index in [1.807, 2.05) is 0 Å². The molecule has 2 N–H and O–H groups in total. The Labute approximate surface area is 169 Å². The number of esters is 1. The van der Waals surface area contributed by atoms with Crippen LogP contribution >= 0.6 is 11.6 Å². The Morgan fingerprint density at radius 1 is 1.04 bits per heavy atom. The van der Waals surface area contributed by atoms with Crippen LogP contribution in [0.15, 0.2) is 53.4 Å². The smallest absolute Gasteiger partial charge is 0.324 e. The Balaban J connectivity index is 2.03. The average molecular weight is 425 g/mol. The normalized spacial score (nSPS) is 13.4. The molecular weight excluding hydrogens is 404 g/mol. The first-order valence-corrected chi connectivity index (χ1v) is 10.3. The molecule has 0 fully saturated rings. The maximum atomic E-state index is 12.5. The summed E-state index contributed by atoms with van der Waals surface area (Å²) in [6.07, 6.45) is -0.634. The number of carbonyl (C=O) groups excluding carboxylic acids is 2. The van der Waals surface area contributed by atoms with Gasteiger partial charge in [-0.2, -0.15) is 4.72 Å². The molecular formula is C19H21ClN2O5S. The first kappa shape index (κ1) is 21.9. The average Bonchev–Trinajstić information content (AvgIpc) is 2.61. The zero-order valence-corrected chi connectivity index (χ0v) is 17.2. The second kappa shape index (κ2) is 9.18. The van der Waals surface area contributed by atoms with Gasteiger partial charge in [0.15, 0.2) is 0 Å². The van der Waals surface area contributed by atoms with Gasteiger partial charge in [-0.3, -0.25) is 9.59 Å². The van der Waals surface area contributed by atoms with E-state index in [4.69, 9.17) is 16.3 Å². The number of benzene rings is 2. The summed E-state index contributed by atoms with van der Waals surface area (Å²) >= 11 is 6.08. The van der Waals surface area contributed by atoms with E-state index in [1.54, 1.807) is 31.2 Å². The van der Waals surface area contributed by atoms with Gasteiger partial charge in [0.2, 0.25) is 15.9 Å². The summed E-state index contributed by atoms with van der Waals surface area (Å²) in [5.74, 6) is -0.997. The van der Waals surface area contributed by atoms with E-state index in [2.05, 4.69) is 10.0 Å². The molecule has 0 radical (unpaired) electrons. The fraction of sp³-hybridized carbons (Fsp3) is 0.263. The third-order valence-electron chi connectivity index (χ3n) is 3.81. The molecule has 7 nitrogen and oxygen atoms in total. The third-order valence-corrected chi connectivity index (χ3v) is 5.71. The molecule has 0 saturated heterocycles. The topological polar surface area (TPSA) is 102 Å². The number of anilines is 1. The largest absolute Gasteiger partial charge is 0.457 e. The summed E-state index contributed by atoms with van der Waals surface area (Å²) in [5.41, 5.74) is 1.09. The van der Waals surface area contributed by atoms with Crippen LogP contribution in [0.2, 0.25) is 5.02 Å². The predicted octanol–water partition coefficient (Wildman–Crippen LogP) is 3.27. The van der Waals surface area contributed by atoms with Crippen molar-refractivity contribution >= 4 is 39.2 Å². The number of hydrogen-bond donors (Lipinski definition) is 2. The first-order chi connectivity index (χ1) is 13.1. The molecule has 0 heterocycles. The van der Waals surface area contributed by atoms with Crippen LogP contribution in [0.5, 0.6) is 0 Å². The first-order valence-electron chi connectivity index (χ1n) is 8.45. The van der Waals surface area contributed by atoms with Gasteiger partial charge in [0.25, 0.3) is 0 Å². The van der Waals surface area contributed by atoms with E-state index >= 15 is 0 Å². The molecule has 0 aliphatic rings. The second-order valence-corrected chi connectivity index (χ2v) is 8.27. The third kappa shape index (κ3) is 5.79. The molecule has 28 heavy (non-hydrogen) atoms. The lowest BCUT2D eigenvalue weighted by Crippen LogP contribution is -2.39. The molecule has 0 saturated carbocycles. The lowest BCUT2D eigenvalue weighted by atomic mass is 10.1. The fourth-order valence-electron chi connectivity index (χ4n) is 2.41. The van der Waals surface area contributed by atoms with Gasteiger partial charge in [0.05, 0.1) is 4.90 Å². The van der Waals surface area contributed by atoms with Gasteiger partial charge >= 0.3 is 5.97 Å². The lowest BCUT2D eigenvalue weighted by Gasteiger charge is -2.19. The van der Waals surface area contributed by atoms with Crippen molar-refractivity contribution in [3.8, 4) is 0 Å². The van der Waals surface area contributed by atoms with Gasteiger partial charge in [-0.05, 0) is 44.2 Å². The molecule has 0 bridgehead atoms. The zero-order valence-electron chi connectivity index (χ0n) is 15.6. The maximum absolute atomic E-state index is 12.5. The van der Waals surface area contributed by atoms with Gasteiger partial charge < -0.3 is 10.1 Å². The number of ether oxygens (including phenoxy) is 1. The standard InChI is InChI=1S/C19H21ClN2O5S/c1-12(19(24)27-13(2)17-6-4-5-7-18(17)20)22-28(25,26)16-10-8-15(9-11-16)21-14(3)23/h4-13,22H,1-3H3,(H,21,23)/t12-,13-/m0/s1. The second-order valence-electron chi connectivity index (χ2n) is 6.15. The number of carbonyl (C=O) groups is 2. The number of hydrogen-bond acceptors (Lipinski definition) is 5. The molecule has 0 aliphatic carbocycles. The quantitative estimate of drug-likeness (QED) is 0.664. The van der Waals surface area contributed by atoms with Gasteiger partial charge in [-0.15, -0.1) is 0 Å². The fourth-order valence-corrected chi connectivity index (χ4v) is 3.90. The van der Waals surface area contributed by atoms with Crippen molar-refractivity contribution in [1.82, 2.24) is 4.72 Å². The highest BCUT2D eigenvalue weighted by Crippen LogP contribution is 2.25. The van der Waals surface area contributed by atoms with Gasteiger partial charge in [-0.25, -0.2) is 8.42 Å². The summed E-state index contributed by atoms with van der Waals surface area (Å²) in [5, 5.41) is 3.00. The molecule has 0 aliphatic heterocycles. The Bertz CT molecular complexity index is 961. The Hall–Kier alpha value is -2.42. The number of sulfonamides is 1. The molecule has 0 spiro atoms. The minimum atomic E-state index is -3.95. The maximum Gasteiger partial charge on any atom is 0.324 e. The van der Waals surface area contributed by atoms with Crippen LogP contribution < -0.4 is 10.0 Å². The highest BCUT2D eigenvalue weighted by molar-refractivity contribution is 7.89. The number of halogens is 1. The minimum absolute atomic E-state index is 0.0413. The summed E-state index contributed by atoms with van der Waals surface area (Å²) in [7, 11) is -3.95. The predicted molar refractivity (Wildman–Crippen MR) is 106 cm³/mol. The van der Waals surface area contributed by atoms with Crippen LogP contribution in [-0.4, -0.2) is 26.3 Å². The van der Waals surface area contributed by atoms with E-state index in [0.29, 0.717) is 16.3 Å². The van der Waals surface area contributed by atoms with Crippen molar-refractivity contribution in [2.24, 2.45) is 0 Å². The molecule has 2 aromatic carbocycles. The highest BCUT2D eigenvalue weighted by atomic mass is 35.5. The monoisotopic (exact) mass is 424 g/mol. The zero-order chi connectivity index (χ0) is 20.9. The summed E-state index contributed by atoms with van der Waals surface area (Å²) in [4.78, 5) is 23.3. The van der Waals surface area contributed by atoms with Crippen LogP contribution in [0.25, 0.3) is 0 Å². The van der Waals surface area contributed by atoms with E-state index < -0.39 is 28.1 Å². The number of amides is 1. The SMILES string of the molecule is CC(=O)Nc1ccc(S(=O)(=O)N[C@@H](C)C(=O)O[C@@H](C)c2ccccc2Cl)cc1. The van der Waals surface area contributed by atoms with Crippen molar-refractivity contribution < 1.29 is 22.7 Å². The molecule has 2 aromatic rings. The van der Waals surface area contributed by atoms with Crippen LogP contribution in [0.4, 0.5) is 5.69 Å². The molecule has 150 valence electrons. The molecule has 1 amide bonds. The van der Waals surface area contributed by atoms with Crippen LogP contribution in [-0.2, 0) is 24.3 Å². The lowest BCUT2D eigenvalue weighted by molar-refractivity contribution is -0.150. The van der Waals surface area contributed by atoms with Crippen LogP contribution in [0, 0.1) is 0 Å². The van der Waals surface area contributed by atoms with Crippen molar-refractivity contribution in [2.45, 2.75) is 37.8 Å². The van der Waals surface area contributed by atoms with Gasteiger partial charge in [0.1, 0.15) is 12.1 Å². The van der Waals surface area contributed by atoms with E-state index in [1.165, 1.54) is 38.1 Å². The van der Waals surface area contributed by atoms with E-state index in [0.717, 1.165) is 0 Å².